The quantitative estimate of drug-likeness (QED) is 0.677. The van der Waals surface area contributed by atoms with Gasteiger partial charge in [-0.1, -0.05) is 29.8 Å². The van der Waals surface area contributed by atoms with Gasteiger partial charge in [0.15, 0.2) is 6.79 Å². The number of carbonyl (C=O) groups is 2. The minimum atomic E-state index is -0.569. The molecule has 25 heavy (non-hydrogen) atoms. The number of ether oxygens (including phenoxy) is 3. The average molecular weight is 339 g/mol. The molecule has 1 aliphatic heterocycles. The fourth-order valence-corrected chi connectivity index (χ4v) is 2.39. The number of cyclic esters (lactones) is 1. The van der Waals surface area contributed by atoms with Gasteiger partial charge in [-0.2, -0.15) is 0 Å². The molecule has 0 radical (unpaired) electrons. The number of hydrogen-bond acceptors (Lipinski definition) is 5. The van der Waals surface area contributed by atoms with Crippen molar-refractivity contribution in [2.45, 2.75) is 6.92 Å². The van der Waals surface area contributed by atoms with E-state index in [9.17, 15) is 9.59 Å². The number of nitrogens with one attached hydrogen (secondary N) is 1. The van der Waals surface area contributed by atoms with Crippen LogP contribution in [0.25, 0.3) is 11.8 Å². The van der Waals surface area contributed by atoms with Gasteiger partial charge < -0.3 is 14.2 Å². The lowest BCUT2D eigenvalue weighted by atomic mass is 10.0. The summed E-state index contributed by atoms with van der Waals surface area (Å²) < 4.78 is 15.0. The van der Waals surface area contributed by atoms with Crippen LogP contribution in [0, 0.1) is 6.92 Å². The molecular formula is C19H17NO5. The first kappa shape index (κ1) is 16.7. The number of carbonyl (C=O) groups excluding carboxylic acids is 2. The Kier molecular flexibility index (Phi) is 4.81. The minimum absolute atomic E-state index is 0.130. The van der Waals surface area contributed by atoms with E-state index < -0.39 is 12.1 Å². The Morgan fingerprint density at radius 1 is 1.20 bits per heavy atom. The van der Waals surface area contributed by atoms with Crippen LogP contribution >= 0.6 is 0 Å². The summed E-state index contributed by atoms with van der Waals surface area (Å²) in [7, 11) is 1.44. The van der Waals surface area contributed by atoms with Crippen molar-refractivity contribution in [3.05, 3.63) is 64.7 Å². The Morgan fingerprint density at radius 3 is 2.68 bits per heavy atom. The predicted molar refractivity (Wildman–Crippen MR) is 92.9 cm³/mol. The van der Waals surface area contributed by atoms with Crippen molar-refractivity contribution in [3.63, 3.8) is 0 Å². The van der Waals surface area contributed by atoms with E-state index in [2.05, 4.69) is 5.32 Å². The molecule has 2 aromatic rings. The summed E-state index contributed by atoms with van der Waals surface area (Å²) in [5.41, 5.74) is 3.52. The van der Waals surface area contributed by atoms with E-state index >= 15 is 0 Å². The Balaban J connectivity index is 1.98. The molecule has 0 fully saturated rings. The number of anilines is 1. The molecule has 0 saturated carbocycles. The maximum Gasteiger partial charge on any atom is 0.417 e. The summed E-state index contributed by atoms with van der Waals surface area (Å²) in [5.74, 6) is -0.153. The number of rotatable bonds is 4. The number of fused-ring (bicyclic) bond motifs is 1. The lowest BCUT2D eigenvalue weighted by Crippen LogP contribution is -2.20. The molecule has 6 heteroatoms. The maximum atomic E-state index is 12.0. The van der Waals surface area contributed by atoms with Gasteiger partial charge in [0.2, 0.25) is 0 Å². The van der Waals surface area contributed by atoms with Crippen LogP contribution in [0.3, 0.4) is 0 Å². The molecule has 1 amide bonds. The highest BCUT2D eigenvalue weighted by atomic mass is 16.7. The summed E-state index contributed by atoms with van der Waals surface area (Å²) >= 11 is 0. The van der Waals surface area contributed by atoms with Crippen molar-refractivity contribution in [3.8, 4) is 0 Å². The van der Waals surface area contributed by atoms with Gasteiger partial charge in [0, 0.05) is 12.7 Å². The fraction of sp³-hybridized carbons (Fsp3) is 0.158. The predicted octanol–water partition coefficient (Wildman–Crippen LogP) is 3.82. The van der Waals surface area contributed by atoms with Crippen LogP contribution in [0.1, 0.15) is 27.0 Å². The summed E-state index contributed by atoms with van der Waals surface area (Å²) in [6.07, 6.45) is 1.18. The maximum absolute atomic E-state index is 12.0. The molecule has 2 aromatic carbocycles. The van der Waals surface area contributed by atoms with E-state index in [4.69, 9.17) is 14.2 Å². The van der Waals surface area contributed by atoms with Crippen LogP contribution in [-0.2, 0) is 14.2 Å². The standard InChI is InChI=1S/C19H17NO5/c1-12-3-5-13(6-4-12)9-17-15-10-14(18(21)24-11-23-2)7-8-16(15)20-19(22)25-17/h3-10H,11H2,1-2H3,(H,20,22)/b17-9-. The van der Waals surface area contributed by atoms with Crippen molar-refractivity contribution < 1.29 is 23.8 Å². The Morgan fingerprint density at radius 2 is 1.96 bits per heavy atom. The van der Waals surface area contributed by atoms with Crippen molar-refractivity contribution in [1.29, 1.82) is 0 Å². The van der Waals surface area contributed by atoms with Crippen molar-refractivity contribution >= 4 is 29.6 Å². The SMILES string of the molecule is COCOC(=O)c1ccc2c(c1)/C(=C/c1ccc(C)cc1)OC(=O)N2. The van der Waals surface area contributed by atoms with Gasteiger partial charge in [0.1, 0.15) is 5.76 Å². The van der Waals surface area contributed by atoms with Crippen LogP contribution in [0.15, 0.2) is 42.5 Å². The first-order valence-electron chi connectivity index (χ1n) is 7.64. The first-order chi connectivity index (χ1) is 12.1. The lowest BCUT2D eigenvalue weighted by molar-refractivity contribution is -0.0125. The van der Waals surface area contributed by atoms with Crippen molar-refractivity contribution in [1.82, 2.24) is 0 Å². The Hall–Kier alpha value is -3.12. The second-order valence-electron chi connectivity index (χ2n) is 5.53. The van der Waals surface area contributed by atoms with E-state index in [0.29, 0.717) is 22.6 Å². The van der Waals surface area contributed by atoms with E-state index in [1.807, 2.05) is 31.2 Å². The van der Waals surface area contributed by atoms with Crippen LogP contribution < -0.4 is 5.32 Å². The lowest BCUT2D eigenvalue weighted by Gasteiger charge is -2.20. The molecule has 0 aliphatic carbocycles. The zero-order valence-corrected chi connectivity index (χ0v) is 13.9. The number of benzene rings is 2. The van der Waals surface area contributed by atoms with Crippen LogP contribution in [0.2, 0.25) is 0 Å². The summed E-state index contributed by atoms with van der Waals surface area (Å²) in [5, 5.41) is 2.62. The molecule has 1 N–H and O–H groups in total. The molecule has 0 saturated heterocycles. The third-order valence-corrected chi connectivity index (χ3v) is 3.64. The minimum Gasteiger partial charge on any atom is -0.435 e. The third-order valence-electron chi connectivity index (χ3n) is 3.64. The van der Waals surface area contributed by atoms with E-state index in [-0.39, 0.29) is 6.79 Å². The van der Waals surface area contributed by atoms with E-state index in [1.54, 1.807) is 24.3 Å². The largest absolute Gasteiger partial charge is 0.435 e. The molecule has 0 unspecified atom stereocenters. The first-order valence-corrected chi connectivity index (χ1v) is 7.64. The molecule has 0 atom stereocenters. The number of amides is 1. The summed E-state index contributed by atoms with van der Waals surface area (Å²) in [6.45, 7) is 1.86. The Labute approximate surface area is 145 Å². The van der Waals surface area contributed by atoms with E-state index in [1.165, 1.54) is 7.11 Å². The van der Waals surface area contributed by atoms with Crippen LogP contribution in [0.4, 0.5) is 10.5 Å². The topological polar surface area (TPSA) is 73.9 Å². The highest BCUT2D eigenvalue weighted by Gasteiger charge is 2.23. The van der Waals surface area contributed by atoms with Crippen molar-refractivity contribution in [2.75, 3.05) is 19.2 Å². The second-order valence-corrected chi connectivity index (χ2v) is 5.53. The van der Waals surface area contributed by atoms with E-state index in [0.717, 1.165) is 11.1 Å². The zero-order valence-electron chi connectivity index (χ0n) is 13.9. The summed E-state index contributed by atoms with van der Waals surface area (Å²) in [4.78, 5) is 23.8. The molecule has 1 heterocycles. The van der Waals surface area contributed by atoms with Crippen LogP contribution in [-0.4, -0.2) is 26.0 Å². The van der Waals surface area contributed by atoms with Gasteiger partial charge in [-0.25, -0.2) is 9.59 Å². The van der Waals surface area contributed by atoms with Gasteiger partial charge in [-0.15, -0.1) is 0 Å². The number of methoxy groups -OCH3 is 1. The van der Waals surface area contributed by atoms with Crippen LogP contribution in [0.5, 0.6) is 0 Å². The molecular weight excluding hydrogens is 322 g/mol. The normalized spacial score (nSPS) is 14.5. The summed E-state index contributed by atoms with van der Waals surface area (Å²) in [6, 6.07) is 12.6. The van der Waals surface area contributed by atoms with Gasteiger partial charge in [0.05, 0.1) is 11.3 Å². The number of hydrogen-bond donors (Lipinski definition) is 1. The molecule has 128 valence electrons. The smallest absolute Gasteiger partial charge is 0.417 e. The average Bonchev–Trinajstić information content (AvgIpc) is 2.61. The molecule has 1 aliphatic rings. The zero-order chi connectivity index (χ0) is 17.8. The highest BCUT2D eigenvalue weighted by Crippen LogP contribution is 2.32. The second kappa shape index (κ2) is 7.19. The molecule has 3 rings (SSSR count). The third kappa shape index (κ3) is 3.87. The number of esters is 1. The molecule has 0 aromatic heterocycles. The van der Waals surface area contributed by atoms with Crippen molar-refractivity contribution in [2.24, 2.45) is 0 Å². The molecule has 0 spiro atoms. The Bertz CT molecular complexity index is 839. The van der Waals surface area contributed by atoms with Gasteiger partial charge in [0.25, 0.3) is 0 Å². The van der Waals surface area contributed by atoms with Gasteiger partial charge >= 0.3 is 12.1 Å². The fourth-order valence-electron chi connectivity index (χ4n) is 2.39. The highest BCUT2D eigenvalue weighted by molar-refractivity contribution is 6.02. The van der Waals surface area contributed by atoms with Gasteiger partial charge in [-0.05, 0) is 36.8 Å². The molecule has 6 nitrogen and oxygen atoms in total. The monoisotopic (exact) mass is 339 g/mol. The van der Waals surface area contributed by atoms with Gasteiger partial charge in [-0.3, -0.25) is 5.32 Å². The number of aryl methyl sites for hydroxylation is 1. The molecule has 0 bridgehead atoms.